The minimum Gasteiger partial charge on any atom is -0.350 e. The van der Waals surface area contributed by atoms with Crippen molar-refractivity contribution in [1.29, 1.82) is 5.41 Å². The number of H-pyrrole nitrogens is 1. The Balaban J connectivity index is 2.35. The maximum Gasteiger partial charge on any atom is 0.152 e. The van der Waals surface area contributed by atoms with Crippen LogP contribution in [0.5, 0.6) is 0 Å². The zero-order valence-electron chi connectivity index (χ0n) is 13.6. The van der Waals surface area contributed by atoms with E-state index in [2.05, 4.69) is 43.1 Å². The lowest BCUT2D eigenvalue weighted by molar-refractivity contribution is 0.664. The van der Waals surface area contributed by atoms with Gasteiger partial charge in [0.25, 0.3) is 0 Å². The van der Waals surface area contributed by atoms with Gasteiger partial charge in [-0.1, -0.05) is 36.8 Å². The molecule has 2 N–H and O–H groups in total. The van der Waals surface area contributed by atoms with Crippen LogP contribution in [0.3, 0.4) is 0 Å². The predicted octanol–water partition coefficient (Wildman–Crippen LogP) is 3.71. The number of benzene rings is 1. The number of fused-ring (bicyclic) bond motifs is 1. The first-order valence-electron chi connectivity index (χ1n) is 7.80. The van der Waals surface area contributed by atoms with Gasteiger partial charge in [-0.2, -0.15) is 0 Å². The molecule has 0 amide bonds. The fourth-order valence-electron chi connectivity index (χ4n) is 3.04. The average molecular weight is 294 g/mol. The Morgan fingerprint density at radius 3 is 2.41 bits per heavy atom. The van der Waals surface area contributed by atoms with Crippen molar-refractivity contribution in [2.75, 3.05) is 0 Å². The van der Waals surface area contributed by atoms with Gasteiger partial charge in [-0.15, -0.1) is 0 Å². The third-order valence-electron chi connectivity index (χ3n) is 4.26. The molecule has 22 heavy (non-hydrogen) atoms. The minimum absolute atomic E-state index is 0.512. The Hall–Kier alpha value is -2.36. The smallest absolute Gasteiger partial charge is 0.152 e. The van der Waals surface area contributed by atoms with Gasteiger partial charge in [0.1, 0.15) is 11.3 Å². The molecular formula is C18H22N4. The van der Waals surface area contributed by atoms with Crippen LogP contribution in [-0.2, 0) is 13.0 Å². The molecule has 0 aliphatic rings. The molecular weight excluding hydrogens is 272 g/mol. The molecule has 1 aromatic carbocycles. The Bertz CT molecular complexity index is 882. The van der Waals surface area contributed by atoms with E-state index >= 15 is 0 Å². The van der Waals surface area contributed by atoms with Crippen molar-refractivity contribution >= 4 is 11.0 Å². The van der Waals surface area contributed by atoms with Gasteiger partial charge in [0.05, 0.1) is 11.2 Å². The van der Waals surface area contributed by atoms with Gasteiger partial charge in [-0.25, -0.2) is 4.98 Å². The van der Waals surface area contributed by atoms with Gasteiger partial charge in [0.15, 0.2) is 5.49 Å². The highest BCUT2D eigenvalue weighted by atomic mass is 15.1. The average Bonchev–Trinajstić information content (AvgIpc) is 2.87. The second-order valence-electron chi connectivity index (χ2n) is 5.67. The lowest BCUT2D eigenvalue weighted by Gasteiger charge is -2.08. The number of aryl methyl sites for hydroxylation is 3. The Morgan fingerprint density at radius 1 is 1.14 bits per heavy atom. The normalized spacial score (nSPS) is 11.3. The van der Waals surface area contributed by atoms with Crippen molar-refractivity contribution < 1.29 is 0 Å². The number of hydrogen-bond donors (Lipinski definition) is 2. The van der Waals surface area contributed by atoms with Crippen molar-refractivity contribution in [1.82, 2.24) is 14.5 Å². The summed E-state index contributed by atoms with van der Waals surface area (Å²) < 4.78 is 1.93. The number of aromatic nitrogens is 3. The Labute approximate surface area is 130 Å². The van der Waals surface area contributed by atoms with Crippen LogP contribution < -0.4 is 5.49 Å². The van der Waals surface area contributed by atoms with E-state index < -0.39 is 0 Å². The van der Waals surface area contributed by atoms with Crippen LogP contribution in [0.25, 0.3) is 22.3 Å². The molecule has 0 fully saturated rings. The zero-order chi connectivity index (χ0) is 15.9. The van der Waals surface area contributed by atoms with Crippen molar-refractivity contribution in [3.63, 3.8) is 0 Å². The summed E-state index contributed by atoms with van der Waals surface area (Å²) >= 11 is 0. The van der Waals surface area contributed by atoms with Crippen molar-refractivity contribution in [3.05, 3.63) is 46.7 Å². The Morgan fingerprint density at radius 2 is 1.82 bits per heavy atom. The molecule has 0 aliphatic carbocycles. The topological polar surface area (TPSA) is 57.5 Å². The summed E-state index contributed by atoms with van der Waals surface area (Å²) in [6.45, 7) is 9.00. The van der Waals surface area contributed by atoms with Crippen molar-refractivity contribution in [2.24, 2.45) is 0 Å². The van der Waals surface area contributed by atoms with E-state index in [4.69, 9.17) is 10.4 Å². The van der Waals surface area contributed by atoms with Crippen LogP contribution in [0.1, 0.15) is 30.8 Å². The molecule has 3 aromatic rings. The molecule has 114 valence electrons. The molecule has 2 heterocycles. The number of aromatic amines is 1. The van der Waals surface area contributed by atoms with Gasteiger partial charge < -0.3 is 9.55 Å². The number of rotatable bonds is 3. The van der Waals surface area contributed by atoms with Gasteiger partial charge in [0.2, 0.25) is 0 Å². The summed E-state index contributed by atoms with van der Waals surface area (Å²) in [5.74, 6) is 0.893. The molecule has 4 heteroatoms. The van der Waals surface area contributed by atoms with Gasteiger partial charge >= 0.3 is 0 Å². The molecule has 0 unspecified atom stereocenters. The lowest BCUT2D eigenvalue weighted by atomic mass is 10.0. The lowest BCUT2D eigenvalue weighted by Crippen LogP contribution is -2.23. The van der Waals surface area contributed by atoms with Crippen LogP contribution in [0.15, 0.2) is 24.3 Å². The molecule has 0 bridgehead atoms. The standard InChI is InChI=1S/C18H22N4/c1-5-14-15(13-9-7-11(3)8-10-13)21-17-16(14)20-12(4)22(6-2)18(17)19/h7-10,19,21H,5-6H2,1-4H3. The van der Waals surface area contributed by atoms with E-state index in [1.807, 2.05) is 18.4 Å². The third-order valence-corrected chi connectivity index (χ3v) is 4.26. The highest BCUT2D eigenvalue weighted by Crippen LogP contribution is 2.28. The fraction of sp³-hybridized carbons (Fsp3) is 0.333. The maximum atomic E-state index is 8.45. The summed E-state index contributed by atoms with van der Waals surface area (Å²) in [5.41, 5.74) is 6.96. The second-order valence-corrected chi connectivity index (χ2v) is 5.67. The van der Waals surface area contributed by atoms with Crippen LogP contribution in [-0.4, -0.2) is 14.5 Å². The third kappa shape index (κ3) is 2.15. The predicted molar refractivity (Wildman–Crippen MR) is 89.9 cm³/mol. The van der Waals surface area contributed by atoms with E-state index in [0.29, 0.717) is 5.49 Å². The summed E-state index contributed by atoms with van der Waals surface area (Å²) in [6, 6.07) is 8.49. The number of nitrogens with zero attached hydrogens (tertiary/aromatic N) is 2. The summed E-state index contributed by atoms with van der Waals surface area (Å²) in [7, 11) is 0. The fourth-order valence-corrected chi connectivity index (χ4v) is 3.04. The van der Waals surface area contributed by atoms with E-state index in [0.717, 1.165) is 41.1 Å². The number of hydrogen-bond acceptors (Lipinski definition) is 2. The molecule has 0 saturated carbocycles. The maximum absolute atomic E-state index is 8.45. The van der Waals surface area contributed by atoms with Crippen LogP contribution in [0.4, 0.5) is 0 Å². The first-order chi connectivity index (χ1) is 10.6. The van der Waals surface area contributed by atoms with Gasteiger partial charge in [-0.3, -0.25) is 5.41 Å². The monoisotopic (exact) mass is 294 g/mol. The Kier molecular flexibility index (Phi) is 3.61. The molecule has 0 spiro atoms. The summed E-state index contributed by atoms with van der Waals surface area (Å²) in [4.78, 5) is 8.20. The van der Waals surface area contributed by atoms with Crippen LogP contribution in [0.2, 0.25) is 0 Å². The molecule has 0 radical (unpaired) electrons. The number of nitrogens with one attached hydrogen (secondary N) is 2. The molecule has 0 saturated heterocycles. The molecule has 0 atom stereocenters. The largest absolute Gasteiger partial charge is 0.350 e. The van der Waals surface area contributed by atoms with Crippen molar-refractivity contribution in [2.45, 2.75) is 40.7 Å². The van der Waals surface area contributed by atoms with E-state index in [-0.39, 0.29) is 0 Å². The molecule has 4 nitrogen and oxygen atoms in total. The minimum atomic E-state index is 0.512. The van der Waals surface area contributed by atoms with Gasteiger partial charge in [-0.05, 0) is 32.8 Å². The van der Waals surface area contributed by atoms with E-state index in [1.54, 1.807) is 0 Å². The molecule has 3 rings (SSSR count). The van der Waals surface area contributed by atoms with Crippen LogP contribution in [0, 0.1) is 19.3 Å². The SMILES string of the molecule is CCc1c(-c2ccc(C)cc2)[nH]c2c(=N)n(CC)c(C)nc12. The zero-order valence-corrected chi connectivity index (χ0v) is 13.6. The second kappa shape index (κ2) is 5.44. The first-order valence-corrected chi connectivity index (χ1v) is 7.80. The van der Waals surface area contributed by atoms with E-state index in [1.165, 1.54) is 11.1 Å². The van der Waals surface area contributed by atoms with E-state index in [9.17, 15) is 0 Å². The molecule has 2 aromatic heterocycles. The quantitative estimate of drug-likeness (QED) is 0.760. The van der Waals surface area contributed by atoms with Crippen LogP contribution >= 0.6 is 0 Å². The summed E-state index contributed by atoms with van der Waals surface area (Å²) in [6.07, 6.45) is 0.894. The highest BCUT2D eigenvalue weighted by Gasteiger charge is 2.16. The van der Waals surface area contributed by atoms with Crippen molar-refractivity contribution in [3.8, 4) is 11.3 Å². The first kappa shape index (κ1) is 14.6. The summed E-state index contributed by atoms with van der Waals surface area (Å²) in [5, 5.41) is 8.45. The highest BCUT2D eigenvalue weighted by molar-refractivity contribution is 5.87. The molecule has 0 aliphatic heterocycles. The van der Waals surface area contributed by atoms with Gasteiger partial charge in [0, 0.05) is 12.1 Å².